The fraction of sp³-hybridized carbons (Fsp3) is 0.333. The van der Waals surface area contributed by atoms with Gasteiger partial charge in [-0.1, -0.05) is 37.3 Å². The van der Waals surface area contributed by atoms with Gasteiger partial charge in [-0.15, -0.1) is 0 Å². The summed E-state index contributed by atoms with van der Waals surface area (Å²) in [5.41, 5.74) is 8.31. The number of benzene rings is 2. The van der Waals surface area contributed by atoms with E-state index in [2.05, 4.69) is 25.1 Å². The van der Waals surface area contributed by atoms with Gasteiger partial charge in [0.25, 0.3) is 0 Å². The molecule has 21 heavy (non-hydrogen) atoms. The Morgan fingerprint density at radius 3 is 2.19 bits per heavy atom. The van der Waals surface area contributed by atoms with Gasteiger partial charge in [-0.25, -0.2) is 0 Å². The topological polar surface area (TPSA) is 44.5 Å². The maximum absolute atomic E-state index is 6.08. The van der Waals surface area contributed by atoms with Crippen molar-refractivity contribution in [2.24, 2.45) is 5.73 Å². The van der Waals surface area contributed by atoms with E-state index in [4.69, 9.17) is 15.2 Å². The minimum Gasteiger partial charge on any atom is -0.497 e. The van der Waals surface area contributed by atoms with Crippen LogP contribution in [0.3, 0.4) is 0 Å². The van der Waals surface area contributed by atoms with Crippen LogP contribution in [0, 0.1) is 0 Å². The van der Waals surface area contributed by atoms with Gasteiger partial charge in [-0.2, -0.15) is 0 Å². The van der Waals surface area contributed by atoms with Crippen LogP contribution in [0.15, 0.2) is 48.5 Å². The van der Waals surface area contributed by atoms with Crippen molar-refractivity contribution in [3.05, 3.63) is 59.7 Å². The Morgan fingerprint density at radius 1 is 0.952 bits per heavy atom. The average Bonchev–Trinajstić information content (AvgIpc) is 2.55. The molecule has 3 heteroatoms. The Morgan fingerprint density at radius 2 is 1.62 bits per heavy atom. The highest BCUT2D eigenvalue weighted by Crippen LogP contribution is 2.31. The molecule has 0 aromatic heterocycles. The first-order valence-corrected chi connectivity index (χ1v) is 7.09. The molecule has 0 amide bonds. The van der Waals surface area contributed by atoms with Crippen molar-refractivity contribution in [2.45, 2.75) is 18.8 Å². The van der Waals surface area contributed by atoms with E-state index in [0.717, 1.165) is 17.9 Å². The van der Waals surface area contributed by atoms with E-state index in [1.165, 1.54) is 11.1 Å². The molecule has 2 N–H and O–H groups in total. The number of ether oxygens (including phenoxy) is 2. The van der Waals surface area contributed by atoms with E-state index >= 15 is 0 Å². The number of rotatable bonds is 6. The van der Waals surface area contributed by atoms with Gasteiger partial charge < -0.3 is 15.2 Å². The van der Waals surface area contributed by atoms with E-state index in [1.807, 2.05) is 30.3 Å². The highest BCUT2D eigenvalue weighted by atomic mass is 16.5. The minimum absolute atomic E-state index is 0.138. The summed E-state index contributed by atoms with van der Waals surface area (Å²) in [7, 11) is 3.37. The summed E-state index contributed by atoms with van der Waals surface area (Å²) >= 11 is 0. The number of nitrogens with two attached hydrogens (primary N) is 1. The van der Waals surface area contributed by atoms with E-state index < -0.39 is 0 Å². The second kappa shape index (κ2) is 6.64. The maximum Gasteiger partial charge on any atom is 0.122 e. The molecule has 2 aromatic carbocycles. The Kier molecular flexibility index (Phi) is 4.86. The molecule has 1 atom stereocenters. The van der Waals surface area contributed by atoms with E-state index in [-0.39, 0.29) is 5.41 Å². The van der Waals surface area contributed by atoms with Crippen LogP contribution in [0.1, 0.15) is 18.1 Å². The van der Waals surface area contributed by atoms with Gasteiger partial charge in [0.15, 0.2) is 0 Å². The van der Waals surface area contributed by atoms with Crippen LogP contribution in [0.5, 0.6) is 11.5 Å². The lowest BCUT2D eigenvalue weighted by atomic mass is 9.77. The van der Waals surface area contributed by atoms with Crippen molar-refractivity contribution in [2.75, 3.05) is 20.8 Å². The average molecular weight is 285 g/mol. The molecule has 2 aromatic rings. The van der Waals surface area contributed by atoms with E-state index in [9.17, 15) is 0 Å². The number of para-hydroxylation sites is 1. The zero-order valence-electron chi connectivity index (χ0n) is 12.9. The van der Waals surface area contributed by atoms with Crippen molar-refractivity contribution in [3.8, 4) is 11.5 Å². The zero-order chi connectivity index (χ0) is 15.3. The van der Waals surface area contributed by atoms with Crippen LogP contribution in [-0.2, 0) is 11.8 Å². The summed E-state index contributed by atoms with van der Waals surface area (Å²) in [5, 5.41) is 0. The lowest BCUT2D eigenvalue weighted by Gasteiger charge is -2.29. The Hall–Kier alpha value is -2.00. The standard InChI is InChI=1S/C18H23NO2/c1-18(13-19,15-8-10-16(20-2)11-9-15)12-14-6-4-5-7-17(14)21-3/h4-11H,12-13,19H2,1-3H3. The normalized spacial score (nSPS) is 13.5. The maximum atomic E-state index is 6.08. The first-order chi connectivity index (χ1) is 10.1. The quantitative estimate of drug-likeness (QED) is 0.886. The summed E-state index contributed by atoms with van der Waals surface area (Å²) < 4.78 is 10.7. The molecule has 0 saturated carbocycles. The number of hydrogen-bond donors (Lipinski definition) is 1. The second-order valence-corrected chi connectivity index (χ2v) is 5.48. The van der Waals surface area contributed by atoms with Crippen LogP contribution in [0.4, 0.5) is 0 Å². The SMILES string of the molecule is COc1ccc(C(C)(CN)Cc2ccccc2OC)cc1. The van der Waals surface area contributed by atoms with Gasteiger partial charge in [0, 0.05) is 12.0 Å². The number of methoxy groups -OCH3 is 2. The molecule has 0 spiro atoms. The molecular weight excluding hydrogens is 262 g/mol. The smallest absolute Gasteiger partial charge is 0.122 e. The fourth-order valence-electron chi connectivity index (χ4n) is 2.55. The molecular formula is C18H23NO2. The number of hydrogen-bond acceptors (Lipinski definition) is 3. The Bertz CT molecular complexity index is 580. The monoisotopic (exact) mass is 285 g/mol. The summed E-state index contributed by atoms with van der Waals surface area (Å²) in [6, 6.07) is 16.2. The predicted molar refractivity (Wildman–Crippen MR) is 86.1 cm³/mol. The van der Waals surface area contributed by atoms with Crippen LogP contribution in [-0.4, -0.2) is 20.8 Å². The lowest BCUT2D eigenvalue weighted by molar-refractivity contribution is 0.398. The van der Waals surface area contributed by atoms with Gasteiger partial charge in [-0.05, 0) is 35.7 Å². The summed E-state index contributed by atoms with van der Waals surface area (Å²) in [5.74, 6) is 1.76. The molecule has 0 bridgehead atoms. The van der Waals surface area contributed by atoms with Crippen molar-refractivity contribution in [3.63, 3.8) is 0 Å². The summed E-state index contributed by atoms with van der Waals surface area (Å²) in [6.07, 6.45) is 0.833. The largest absolute Gasteiger partial charge is 0.497 e. The van der Waals surface area contributed by atoms with Crippen LogP contribution >= 0.6 is 0 Å². The molecule has 112 valence electrons. The molecule has 3 nitrogen and oxygen atoms in total. The van der Waals surface area contributed by atoms with Crippen LogP contribution in [0.25, 0.3) is 0 Å². The van der Waals surface area contributed by atoms with Crippen LogP contribution < -0.4 is 15.2 Å². The molecule has 0 aliphatic carbocycles. The van der Waals surface area contributed by atoms with Crippen molar-refractivity contribution >= 4 is 0 Å². The zero-order valence-corrected chi connectivity index (χ0v) is 12.9. The first kappa shape index (κ1) is 15.4. The van der Waals surface area contributed by atoms with Crippen LogP contribution in [0.2, 0.25) is 0 Å². The summed E-state index contributed by atoms with van der Waals surface area (Å²) in [6.45, 7) is 2.75. The third-order valence-electron chi connectivity index (χ3n) is 4.01. The molecule has 0 radical (unpaired) electrons. The Labute approximate surface area is 126 Å². The molecule has 1 unspecified atom stereocenters. The molecule has 0 heterocycles. The molecule has 0 fully saturated rings. The van der Waals surface area contributed by atoms with Gasteiger partial charge in [-0.3, -0.25) is 0 Å². The second-order valence-electron chi connectivity index (χ2n) is 5.48. The highest BCUT2D eigenvalue weighted by molar-refractivity contribution is 5.39. The Balaban J connectivity index is 2.31. The van der Waals surface area contributed by atoms with Crippen molar-refractivity contribution < 1.29 is 9.47 Å². The first-order valence-electron chi connectivity index (χ1n) is 7.09. The minimum atomic E-state index is -0.138. The fourth-order valence-corrected chi connectivity index (χ4v) is 2.55. The van der Waals surface area contributed by atoms with Gasteiger partial charge >= 0.3 is 0 Å². The highest BCUT2D eigenvalue weighted by Gasteiger charge is 2.26. The third kappa shape index (κ3) is 3.37. The lowest BCUT2D eigenvalue weighted by Crippen LogP contribution is -2.34. The molecule has 0 aliphatic rings. The van der Waals surface area contributed by atoms with Gasteiger partial charge in [0.2, 0.25) is 0 Å². The van der Waals surface area contributed by atoms with E-state index in [0.29, 0.717) is 6.54 Å². The summed E-state index contributed by atoms with van der Waals surface area (Å²) in [4.78, 5) is 0. The third-order valence-corrected chi connectivity index (χ3v) is 4.01. The van der Waals surface area contributed by atoms with Crippen molar-refractivity contribution in [1.29, 1.82) is 0 Å². The molecule has 2 rings (SSSR count). The molecule has 0 aliphatic heterocycles. The van der Waals surface area contributed by atoms with E-state index in [1.54, 1.807) is 14.2 Å². The molecule has 0 saturated heterocycles. The predicted octanol–water partition coefficient (Wildman–Crippen LogP) is 3.16. The van der Waals surface area contributed by atoms with Gasteiger partial charge in [0.05, 0.1) is 14.2 Å². The van der Waals surface area contributed by atoms with Crippen molar-refractivity contribution in [1.82, 2.24) is 0 Å². The van der Waals surface area contributed by atoms with Gasteiger partial charge in [0.1, 0.15) is 11.5 Å².